The van der Waals surface area contributed by atoms with Crippen LogP contribution in [-0.4, -0.2) is 41.8 Å². The number of rotatable bonds is 3. The van der Waals surface area contributed by atoms with Gasteiger partial charge in [-0.2, -0.15) is 0 Å². The van der Waals surface area contributed by atoms with E-state index in [1.165, 1.54) is 0 Å². The third-order valence-electron chi connectivity index (χ3n) is 3.43. The zero-order chi connectivity index (χ0) is 14.0. The molecule has 0 bridgehead atoms. The van der Waals surface area contributed by atoms with Crippen molar-refractivity contribution in [2.24, 2.45) is 0 Å². The third-order valence-corrected chi connectivity index (χ3v) is 3.43. The summed E-state index contributed by atoms with van der Waals surface area (Å²) in [6.07, 6.45) is 2.94. The summed E-state index contributed by atoms with van der Waals surface area (Å²) in [6.45, 7) is 10.9. The SMILES string of the molecule is CNC(C)(C)CC1CCCN1C(=O)OC(C)(C)C. The number of carbonyl (C=O) groups is 1. The number of amides is 1. The minimum atomic E-state index is -0.414. The lowest BCUT2D eigenvalue weighted by molar-refractivity contribution is 0.0204. The van der Waals surface area contributed by atoms with Crippen LogP contribution in [0.3, 0.4) is 0 Å². The Hall–Kier alpha value is -0.770. The van der Waals surface area contributed by atoms with Crippen molar-refractivity contribution in [2.75, 3.05) is 13.6 Å². The first-order valence-electron chi connectivity index (χ1n) is 6.83. The summed E-state index contributed by atoms with van der Waals surface area (Å²) >= 11 is 0. The van der Waals surface area contributed by atoms with Crippen molar-refractivity contribution in [1.29, 1.82) is 0 Å². The minimum absolute atomic E-state index is 0.0509. The van der Waals surface area contributed by atoms with Crippen LogP contribution in [0.15, 0.2) is 0 Å². The van der Waals surface area contributed by atoms with E-state index in [1.54, 1.807) is 0 Å². The molecule has 106 valence electrons. The molecule has 0 aromatic rings. The second-order valence-electron chi connectivity index (χ2n) is 6.81. The number of nitrogens with zero attached hydrogens (tertiary/aromatic N) is 1. The first-order valence-corrected chi connectivity index (χ1v) is 6.83. The van der Waals surface area contributed by atoms with Crippen LogP contribution < -0.4 is 5.32 Å². The minimum Gasteiger partial charge on any atom is -0.444 e. The normalized spacial score (nSPS) is 21.2. The van der Waals surface area contributed by atoms with E-state index >= 15 is 0 Å². The summed E-state index contributed by atoms with van der Waals surface area (Å²) in [5.41, 5.74) is -0.363. The Morgan fingerprint density at radius 1 is 1.33 bits per heavy atom. The predicted octanol–water partition coefficient (Wildman–Crippen LogP) is 2.77. The highest BCUT2D eigenvalue weighted by Gasteiger charge is 2.35. The van der Waals surface area contributed by atoms with E-state index in [-0.39, 0.29) is 11.6 Å². The summed E-state index contributed by atoms with van der Waals surface area (Å²) in [5, 5.41) is 3.30. The first-order chi connectivity index (χ1) is 8.14. The van der Waals surface area contributed by atoms with Gasteiger partial charge in [0.05, 0.1) is 0 Å². The maximum absolute atomic E-state index is 12.1. The lowest BCUT2D eigenvalue weighted by Gasteiger charge is -2.33. The summed E-state index contributed by atoms with van der Waals surface area (Å²) in [5.74, 6) is 0. The van der Waals surface area contributed by atoms with Gasteiger partial charge in [0.25, 0.3) is 0 Å². The zero-order valence-corrected chi connectivity index (χ0v) is 12.7. The van der Waals surface area contributed by atoms with Gasteiger partial charge in [0.1, 0.15) is 5.60 Å². The lowest BCUT2D eigenvalue weighted by atomic mass is 9.94. The molecule has 1 atom stereocenters. The number of nitrogens with one attached hydrogen (secondary N) is 1. The van der Waals surface area contributed by atoms with Crippen LogP contribution in [0, 0.1) is 0 Å². The van der Waals surface area contributed by atoms with E-state index in [2.05, 4.69) is 19.2 Å². The van der Waals surface area contributed by atoms with Crippen molar-refractivity contribution in [2.45, 2.75) is 71.1 Å². The first kappa shape index (κ1) is 15.3. The number of hydrogen-bond acceptors (Lipinski definition) is 3. The van der Waals surface area contributed by atoms with E-state index in [4.69, 9.17) is 4.74 Å². The van der Waals surface area contributed by atoms with Gasteiger partial charge in [0.15, 0.2) is 0 Å². The van der Waals surface area contributed by atoms with Gasteiger partial charge in [-0.1, -0.05) is 0 Å². The van der Waals surface area contributed by atoms with E-state index in [0.717, 1.165) is 25.8 Å². The number of carbonyl (C=O) groups excluding carboxylic acids is 1. The molecule has 1 amide bonds. The maximum atomic E-state index is 12.1. The molecule has 0 aromatic carbocycles. The number of ether oxygens (including phenoxy) is 1. The molecule has 1 aliphatic heterocycles. The molecule has 1 heterocycles. The van der Waals surface area contributed by atoms with Gasteiger partial charge in [0.2, 0.25) is 0 Å². The molecule has 18 heavy (non-hydrogen) atoms. The fourth-order valence-corrected chi connectivity index (χ4v) is 2.30. The van der Waals surface area contributed by atoms with Gasteiger partial charge < -0.3 is 15.0 Å². The van der Waals surface area contributed by atoms with Crippen molar-refractivity contribution in [1.82, 2.24) is 10.2 Å². The second-order valence-corrected chi connectivity index (χ2v) is 6.81. The zero-order valence-electron chi connectivity index (χ0n) is 12.7. The Morgan fingerprint density at radius 2 is 1.94 bits per heavy atom. The molecule has 0 spiro atoms. The van der Waals surface area contributed by atoms with Crippen molar-refractivity contribution in [3.05, 3.63) is 0 Å². The molecular formula is C14H28N2O2. The van der Waals surface area contributed by atoms with Crippen molar-refractivity contribution < 1.29 is 9.53 Å². The fraction of sp³-hybridized carbons (Fsp3) is 0.929. The van der Waals surface area contributed by atoms with E-state index in [1.807, 2.05) is 32.7 Å². The largest absolute Gasteiger partial charge is 0.444 e. The Kier molecular flexibility index (Phi) is 4.65. The van der Waals surface area contributed by atoms with E-state index in [9.17, 15) is 4.79 Å². The molecule has 0 radical (unpaired) electrons. The molecule has 1 aliphatic rings. The summed E-state index contributed by atoms with van der Waals surface area (Å²) in [4.78, 5) is 14.0. The Bertz CT molecular complexity index is 295. The van der Waals surface area contributed by atoms with Crippen LogP contribution in [0.2, 0.25) is 0 Å². The Labute approximate surface area is 111 Å². The molecule has 4 nitrogen and oxygen atoms in total. The number of hydrogen-bond donors (Lipinski definition) is 1. The van der Waals surface area contributed by atoms with Gasteiger partial charge in [-0.25, -0.2) is 4.79 Å². The average molecular weight is 256 g/mol. The van der Waals surface area contributed by atoms with Crippen LogP contribution in [0.25, 0.3) is 0 Å². The van der Waals surface area contributed by atoms with Crippen molar-refractivity contribution in [3.63, 3.8) is 0 Å². The highest BCUT2D eigenvalue weighted by Crippen LogP contribution is 2.26. The van der Waals surface area contributed by atoms with Crippen LogP contribution in [0.4, 0.5) is 4.79 Å². The van der Waals surface area contributed by atoms with Gasteiger partial charge >= 0.3 is 6.09 Å². The summed E-state index contributed by atoms with van der Waals surface area (Å²) < 4.78 is 5.47. The van der Waals surface area contributed by atoms with Crippen molar-refractivity contribution in [3.8, 4) is 0 Å². The Balaban J connectivity index is 2.62. The van der Waals surface area contributed by atoms with Crippen LogP contribution >= 0.6 is 0 Å². The molecule has 1 rings (SSSR count). The summed E-state index contributed by atoms with van der Waals surface area (Å²) in [7, 11) is 1.97. The molecule has 0 aliphatic carbocycles. The topological polar surface area (TPSA) is 41.6 Å². The average Bonchev–Trinajstić information content (AvgIpc) is 2.62. The molecule has 1 saturated heterocycles. The van der Waals surface area contributed by atoms with Crippen LogP contribution in [0.1, 0.15) is 53.9 Å². The molecule has 1 N–H and O–H groups in total. The quantitative estimate of drug-likeness (QED) is 0.844. The fourth-order valence-electron chi connectivity index (χ4n) is 2.30. The molecule has 1 fully saturated rings. The second kappa shape index (κ2) is 5.47. The molecular weight excluding hydrogens is 228 g/mol. The van der Waals surface area contributed by atoms with Gasteiger partial charge in [-0.05, 0) is 60.9 Å². The third kappa shape index (κ3) is 4.48. The van der Waals surface area contributed by atoms with E-state index in [0.29, 0.717) is 6.04 Å². The predicted molar refractivity (Wildman–Crippen MR) is 73.7 cm³/mol. The molecule has 1 unspecified atom stereocenters. The van der Waals surface area contributed by atoms with Gasteiger partial charge in [-0.3, -0.25) is 0 Å². The van der Waals surface area contributed by atoms with E-state index < -0.39 is 5.60 Å². The van der Waals surface area contributed by atoms with Crippen molar-refractivity contribution >= 4 is 6.09 Å². The standard InChI is InChI=1S/C14H28N2O2/c1-13(2,3)18-12(17)16-9-7-8-11(16)10-14(4,5)15-6/h11,15H,7-10H2,1-6H3. The molecule has 4 heteroatoms. The lowest BCUT2D eigenvalue weighted by Crippen LogP contribution is -2.46. The molecule has 0 saturated carbocycles. The maximum Gasteiger partial charge on any atom is 0.410 e. The highest BCUT2D eigenvalue weighted by atomic mass is 16.6. The highest BCUT2D eigenvalue weighted by molar-refractivity contribution is 5.68. The van der Waals surface area contributed by atoms with Gasteiger partial charge in [-0.15, -0.1) is 0 Å². The van der Waals surface area contributed by atoms with Crippen LogP contribution in [0.5, 0.6) is 0 Å². The van der Waals surface area contributed by atoms with Crippen LogP contribution in [-0.2, 0) is 4.74 Å². The molecule has 0 aromatic heterocycles. The van der Waals surface area contributed by atoms with Gasteiger partial charge in [0, 0.05) is 18.1 Å². The Morgan fingerprint density at radius 3 is 2.44 bits per heavy atom. The number of likely N-dealkylation sites (tertiary alicyclic amines) is 1. The smallest absolute Gasteiger partial charge is 0.410 e. The monoisotopic (exact) mass is 256 g/mol. The summed E-state index contributed by atoms with van der Waals surface area (Å²) in [6, 6.07) is 0.294.